The minimum atomic E-state index is -0.140. The van der Waals surface area contributed by atoms with E-state index in [1.165, 1.54) is 100 Å². The van der Waals surface area contributed by atoms with Crippen molar-refractivity contribution in [1.29, 1.82) is 0 Å². The predicted octanol–water partition coefficient (Wildman–Crippen LogP) is 15.4. The molecule has 1 aromatic heterocycles. The molecule has 0 N–H and O–H groups in total. The van der Waals surface area contributed by atoms with E-state index in [0.717, 1.165) is 29.8 Å². The van der Waals surface area contributed by atoms with Gasteiger partial charge in [-0.1, -0.05) is 165 Å². The van der Waals surface area contributed by atoms with Crippen LogP contribution in [0.5, 0.6) is 0 Å². The van der Waals surface area contributed by atoms with Crippen molar-refractivity contribution in [2.24, 2.45) is 0 Å². The summed E-state index contributed by atoms with van der Waals surface area (Å²) in [4.78, 5) is 5.30. The summed E-state index contributed by atoms with van der Waals surface area (Å²) in [6, 6.07) is 41.0. The Balaban J connectivity index is 1.27. The van der Waals surface area contributed by atoms with Gasteiger partial charge >= 0.3 is 0 Å². The minimum absolute atomic E-state index is 0.0259. The van der Waals surface area contributed by atoms with Crippen LogP contribution in [0.4, 0.5) is 34.1 Å². The molecule has 0 amide bonds. The van der Waals surface area contributed by atoms with Crippen LogP contribution in [0.1, 0.15) is 161 Å². The summed E-state index contributed by atoms with van der Waals surface area (Å²) in [5, 5.41) is 1.17. The van der Waals surface area contributed by atoms with E-state index in [4.69, 9.17) is 4.42 Å². The Morgan fingerprint density at radius 1 is 0.515 bits per heavy atom. The van der Waals surface area contributed by atoms with E-state index in [9.17, 15) is 0 Å². The fourth-order valence-corrected chi connectivity index (χ4v) is 12.1. The first-order valence-electron chi connectivity index (χ1n) is 24.7. The fourth-order valence-electron chi connectivity index (χ4n) is 12.1. The van der Waals surface area contributed by atoms with Crippen molar-refractivity contribution in [2.75, 3.05) is 9.80 Å². The zero-order valence-electron chi connectivity index (χ0n) is 42.6. The van der Waals surface area contributed by atoms with Gasteiger partial charge in [0, 0.05) is 33.4 Å². The third-order valence-corrected chi connectivity index (χ3v) is 16.2. The van der Waals surface area contributed by atoms with Gasteiger partial charge in [-0.2, -0.15) is 0 Å². The largest absolute Gasteiger partial charge is 0.468 e. The summed E-state index contributed by atoms with van der Waals surface area (Å²) in [6.07, 6.45) is 2.25. The highest BCUT2D eigenvalue weighted by Crippen LogP contribution is 2.61. The van der Waals surface area contributed by atoms with Crippen LogP contribution in [0.2, 0.25) is 0 Å². The highest BCUT2D eigenvalue weighted by Gasteiger charge is 2.54. The average molecular weight is 869 g/mol. The van der Waals surface area contributed by atoms with Crippen molar-refractivity contribution in [1.82, 2.24) is 0 Å². The van der Waals surface area contributed by atoms with E-state index in [1.807, 2.05) is 0 Å². The maximum Gasteiger partial charge on any atom is 0.297 e. The lowest BCUT2D eigenvalue weighted by molar-refractivity contribution is 0.348. The van der Waals surface area contributed by atoms with Crippen LogP contribution in [0.25, 0.3) is 22.1 Å². The summed E-state index contributed by atoms with van der Waals surface area (Å²) in [7, 11) is 0. The number of fused-ring (bicyclic) bond motifs is 9. The summed E-state index contributed by atoms with van der Waals surface area (Å²) < 4.78 is 7.48. The van der Waals surface area contributed by atoms with E-state index in [0.29, 0.717) is 0 Å². The van der Waals surface area contributed by atoms with Crippen LogP contribution in [0, 0.1) is 6.92 Å². The Kier molecular flexibility index (Phi) is 8.87. The molecule has 0 fully saturated rings. The molecule has 3 aliphatic heterocycles. The molecule has 1 unspecified atom stereocenters. The molecule has 0 saturated carbocycles. The fraction of sp³-hybridized carbons (Fsp3) is 0.387. The third-order valence-electron chi connectivity index (χ3n) is 16.2. The van der Waals surface area contributed by atoms with E-state index in [1.54, 1.807) is 0 Å². The maximum absolute atomic E-state index is 7.48. The van der Waals surface area contributed by atoms with Gasteiger partial charge in [0.15, 0.2) is 0 Å². The lowest BCUT2D eigenvalue weighted by Gasteiger charge is -2.54. The van der Waals surface area contributed by atoms with Crippen molar-refractivity contribution in [2.45, 2.75) is 156 Å². The number of benzene rings is 6. The topological polar surface area (TPSA) is 19.6 Å². The lowest BCUT2D eigenvalue weighted by atomic mass is 9.34. The van der Waals surface area contributed by atoms with E-state index >= 15 is 0 Å². The van der Waals surface area contributed by atoms with Crippen molar-refractivity contribution in [3.8, 4) is 11.1 Å². The number of furan rings is 1. The van der Waals surface area contributed by atoms with Gasteiger partial charge in [0.05, 0.1) is 22.7 Å². The predicted molar refractivity (Wildman–Crippen MR) is 284 cm³/mol. The van der Waals surface area contributed by atoms with Crippen LogP contribution in [0.3, 0.4) is 0 Å². The second kappa shape index (κ2) is 13.6. The Labute approximate surface area is 395 Å². The molecule has 11 rings (SSSR count). The molecule has 4 heterocycles. The van der Waals surface area contributed by atoms with Crippen LogP contribution in [0.15, 0.2) is 108 Å². The Bertz CT molecular complexity index is 3190. The van der Waals surface area contributed by atoms with Gasteiger partial charge in [-0.15, -0.1) is 0 Å². The summed E-state index contributed by atoms with van der Waals surface area (Å²) in [6.45, 7) is 37.6. The molecule has 4 heteroatoms. The summed E-state index contributed by atoms with van der Waals surface area (Å²) >= 11 is 0. The molecular formula is C62H69BN2O. The maximum atomic E-state index is 7.48. The van der Waals surface area contributed by atoms with E-state index < -0.39 is 0 Å². The van der Waals surface area contributed by atoms with Crippen molar-refractivity contribution in [3.05, 3.63) is 148 Å². The van der Waals surface area contributed by atoms with E-state index in [-0.39, 0.29) is 39.2 Å². The smallest absolute Gasteiger partial charge is 0.297 e. The van der Waals surface area contributed by atoms with Gasteiger partial charge in [-0.25, -0.2) is 0 Å². The monoisotopic (exact) mass is 869 g/mol. The number of rotatable bonds is 2. The van der Waals surface area contributed by atoms with Crippen LogP contribution >= 0.6 is 0 Å². The molecule has 1 aliphatic carbocycles. The van der Waals surface area contributed by atoms with Crippen molar-refractivity contribution < 1.29 is 4.42 Å². The van der Waals surface area contributed by atoms with E-state index in [2.05, 4.69) is 224 Å². The first-order chi connectivity index (χ1) is 30.8. The molecule has 66 heavy (non-hydrogen) atoms. The second-order valence-electron chi connectivity index (χ2n) is 25.5. The molecular weight excluding hydrogens is 800 g/mol. The van der Waals surface area contributed by atoms with Crippen molar-refractivity contribution in [3.63, 3.8) is 0 Å². The van der Waals surface area contributed by atoms with Gasteiger partial charge in [0.2, 0.25) is 0 Å². The van der Waals surface area contributed by atoms with Crippen LogP contribution < -0.4 is 26.4 Å². The first kappa shape index (κ1) is 43.1. The molecule has 6 aromatic carbocycles. The second-order valence-corrected chi connectivity index (χ2v) is 25.5. The van der Waals surface area contributed by atoms with Crippen molar-refractivity contribution >= 4 is 68.4 Å². The summed E-state index contributed by atoms with van der Waals surface area (Å²) in [5.74, 6) is 0. The molecule has 3 nitrogen and oxygen atoms in total. The molecule has 1 atom stereocenters. The van der Waals surface area contributed by atoms with Crippen LogP contribution in [-0.4, -0.2) is 6.71 Å². The number of anilines is 6. The first-order valence-corrected chi connectivity index (χ1v) is 24.7. The number of nitrogens with zero attached hydrogens (tertiary/aromatic N) is 2. The SMILES string of the molecule is Cc1cc2c3c(c1)N(c1ccc(C(C)(C)C)cc1-c1ccc(C(C)(C)C)cc1)c1c(oc4ccc(C(C)(C)C)cc14)B3c1ccc3c4c1N2c1ccc(C(C)(C)C)cc1C4(C)CCC3(C)C. The van der Waals surface area contributed by atoms with Gasteiger partial charge in [0.25, 0.3) is 6.71 Å². The zero-order chi connectivity index (χ0) is 47.0. The Hall–Kier alpha value is -5.48. The number of hydrogen-bond donors (Lipinski definition) is 0. The normalized spacial score (nSPS) is 18.3. The van der Waals surface area contributed by atoms with Gasteiger partial charge < -0.3 is 14.2 Å². The highest BCUT2D eigenvalue weighted by molar-refractivity contribution is 7.00. The van der Waals surface area contributed by atoms with Gasteiger partial charge in [-0.3, -0.25) is 0 Å². The molecule has 0 saturated heterocycles. The molecule has 0 radical (unpaired) electrons. The molecule has 0 spiro atoms. The standard InChI is InChI=1S/C62H69BN2O/c1-36-31-49-53-50(32-36)65-48-27-22-41(60(11,12)13)35-45(48)62(16)30-29-61(14,15)44-24-25-46(55(65)52(44)62)63(53)56-54(43-34-40(59(8,9)10)23-28-51(43)66-56)64(49)47-26-21-39(58(5,6)7)33-42(47)37-17-19-38(20-18-37)57(2,3)4/h17-28,31-35H,29-30H2,1-16H3. The molecule has 336 valence electrons. The molecule has 7 aromatic rings. The minimum Gasteiger partial charge on any atom is -0.468 e. The van der Waals surface area contributed by atoms with Crippen LogP contribution in [-0.2, 0) is 32.5 Å². The summed E-state index contributed by atoms with van der Waals surface area (Å²) in [5.41, 5.74) is 25.5. The molecule has 4 aliphatic rings. The Morgan fingerprint density at radius 3 is 1.68 bits per heavy atom. The highest BCUT2D eigenvalue weighted by atomic mass is 16.3. The molecule has 0 bridgehead atoms. The number of hydrogen-bond acceptors (Lipinski definition) is 3. The van der Waals surface area contributed by atoms with Gasteiger partial charge in [0.1, 0.15) is 5.58 Å². The lowest BCUT2D eigenvalue weighted by Crippen LogP contribution is -2.62. The quantitative estimate of drug-likeness (QED) is 0.161. The average Bonchev–Trinajstić information content (AvgIpc) is 3.61. The van der Waals surface area contributed by atoms with Gasteiger partial charge in [-0.05, 0) is 150 Å². The zero-order valence-corrected chi connectivity index (χ0v) is 42.6. The number of aryl methyl sites for hydroxylation is 1. The third kappa shape index (κ3) is 6.15. The Morgan fingerprint density at radius 2 is 1.06 bits per heavy atom.